The van der Waals surface area contributed by atoms with Crippen molar-refractivity contribution in [1.82, 2.24) is 9.13 Å². The number of hydrogen-bond donors (Lipinski definition) is 0. The Labute approximate surface area is 239 Å². The molecule has 0 aliphatic heterocycles. The summed E-state index contributed by atoms with van der Waals surface area (Å²) >= 11 is 0. The van der Waals surface area contributed by atoms with Gasteiger partial charge >= 0.3 is 0 Å². The highest BCUT2D eigenvalue weighted by molar-refractivity contribution is 6.95. The van der Waals surface area contributed by atoms with Crippen molar-refractivity contribution in [3.05, 3.63) is 164 Å². The highest BCUT2D eigenvalue weighted by atomic mass is 15.0. The number of nitrogens with zero attached hydrogens (tertiary/aromatic N) is 2. The molecule has 2 heterocycles. The molecule has 8 aromatic rings. The Morgan fingerprint density at radius 1 is 0.390 bits per heavy atom. The molecule has 2 nitrogen and oxygen atoms in total. The van der Waals surface area contributed by atoms with Gasteiger partial charge in [0.15, 0.2) is 0 Å². The summed E-state index contributed by atoms with van der Waals surface area (Å²) in [5, 5.41) is 3.76. The average Bonchev–Trinajstić information content (AvgIpc) is 3.63. The summed E-state index contributed by atoms with van der Waals surface area (Å²) < 4.78 is 4.76. The molecule has 8 rings (SSSR count). The van der Waals surface area contributed by atoms with Crippen LogP contribution in [0.25, 0.3) is 44.1 Å². The molecule has 0 N–H and O–H groups in total. The molecule has 0 spiro atoms. The summed E-state index contributed by atoms with van der Waals surface area (Å²) in [5.74, 6) is 0. The zero-order valence-electron chi connectivity index (χ0n) is 22.6. The quantitative estimate of drug-likeness (QED) is 0.211. The first-order valence-electron chi connectivity index (χ1n) is 14.2. The molecular weight excluding hydrogens is 495 g/mol. The lowest BCUT2D eigenvalue weighted by atomic mass is 9.37. The third-order valence-electron chi connectivity index (χ3n) is 8.27. The second kappa shape index (κ2) is 9.73. The van der Waals surface area contributed by atoms with Gasteiger partial charge < -0.3 is 9.13 Å². The van der Waals surface area contributed by atoms with E-state index in [-0.39, 0.29) is 6.71 Å². The van der Waals surface area contributed by atoms with Crippen LogP contribution in [0.1, 0.15) is 0 Å². The lowest BCUT2D eigenvalue weighted by Gasteiger charge is -2.17. The summed E-state index contributed by atoms with van der Waals surface area (Å²) in [6.45, 7) is 0.173. The van der Waals surface area contributed by atoms with E-state index in [0.29, 0.717) is 0 Å². The molecule has 3 heteroatoms. The number of benzene rings is 6. The zero-order valence-corrected chi connectivity index (χ0v) is 22.6. The van der Waals surface area contributed by atoms with Gasteiger partial charge in [0.2, 0.25) is 6.71 Å². The van der Waals surface area contributed by atoms with E-state index in [1.54, 1.807) is 0 Å². The van der Waals surface area contributed by atoms with Crippen LogP contribution < -0.4 is 16.4 Å². The monoisotopic (exact) mass is 522 g/mol. The van der Waals surface area contributed by atoms with Gasteiger partial charge in [-0.25, -0.2) is 0 Å². The Morgan fingerprint density at radius 2 is 0.976 bits per heavy atom. The van der Waals surface area contributed by atoms with Gasteiger partial charge in [-0.3, -0.25) is 0 Å². The largest absolute Gasteiger partial charge is 0.315 e. The van der Waals surface area contributed by atoms with E-state index >= 15 is 0 Å². The summed E-state index contributed by atoms with van der Waals surface area (Å²) in [6, 6.07) is 56.9. The first kappa shape index (κ1) is 23.6. The van der Waals surface area contributed by atoms with Crippen LogP contribution in [0.4, 0.5) is 0 Å². The Balaban J connectivity index is 1.36. The number of fused-ring (bicyclic) bond motifs is 5. The number of para-hydroxylation sites is 2. The van der Waals surface area contributed by atoms with Crippen LogP contribution in [-0.4, -0.2) is 15.8 Å². The maximum atomic E-state index is 2.44. The molecule has 6 aromatic carbocycles. The fourth-order valence-corrected chi connectivity index (χ4v) is 6.43. The summed E-state index contributed by atoms with van der Waals surface area (Å²) in [6.07, 6.45) is 2.19. The normalized spacial score (nSPS) is 11.4. The lowest BCUT2D eigenvalue weighted by molar-refractivity contribution is 1.12. The second-order valence-electron chi connectivity index (χ2n) is 10.6. The van der Waals surface area contributed by atoms with Crippen LogP contribution in [0.2, 0.25) is 0 Å². The summed E-state index contributed by atoms with van der Waals surface area (Å²) in [7, 11) is 0. The van der Waals surface area contributed by atoms with Gasteiger partial charge in [-0.15, -0.1) is 0 Å². The molecule has 192 valence electrons. The fourth-order valence-electron chi connectivity index (χ4n) is 6.43. The maximum absolute atomic E-state index is 2.44. The zero-order chi connectivity index (χ0) is 27.2. The standard InChI is InChI=1S/C38H27BN2/c1-4-12-29(13-5-1)39(30-14-6-2-7-15-30)31-21-23-33(24-22-31)41-36-19-11-10-18-34(36)35-25-20-28-26-27-40(37(28)38(35)41)32-16-8-3-9-17-32/h1-27H. The van der Waals surface area contributed by atoms with Crippen LogP contribution in [-0.2, 0) is 0 Å². The minimum atomic E-state index is 0.173. The minimum absolute atomic E-state index is 0.173. The van der Waals surface area contributed by atoms with Gasteiger partial charge in [-0.2, -0.15) is 0 Å². The van der Waals surface area contributed by atoms with Crippen molar-refractivity contribution in [2.75, 3.05) is 0 Å². The van der Waals surface area contributed by atoms with Gasteiger partial charge in [0, 0.05) is 33.7 Å². The topological polar surface area (TPSA) is 9.86 Å². The smallest absolute Gasteiger partial charge is 0.241 e. The molecule has 0 aliphatic carbocycles. The fraction of sp³-hybridized carbons (Fsp3) is 0. The number of aromatic nitrogens is 2. The van der Waals surface area contributed by atoms with Crippen molar-refractivity contribution in [2.24, 2.45) is 0 Å². The molecule has 2 aromatic heterocycles. The van der Waals surface area contributed by atoms with E-state index in [4.69, 9.17) is 0 Å². The van der Waals surface area contributed by atoms with Crippen LogP contribution in [0.5, 0.6) is 0 Å². The molecule has 0 unspecified atom stereocenters. The molecule has 0 aliphatic rings. The van der Waals surface area contributed by atoms with Crippen LogP contribution in [0.15, 0.2) is 164 Å². The Bertz CT molecular complexity index is 2090. The van der Waals surface area contributed by atoms with Crippen molar-refractivity contribution in [3.63, 3.8) is 0 Å². The molecule has 0 fully saturated rings. The highest BCUT2D eigenvalue weighted by Crippen LogP contribution is 2.37. The number of hydrogen-bond acceptors (Lipinski definition) is 0. The van der Waals surface area contributed by atoms with E-state index in [1.165, 1.54) is 49.1 Å². The van der Waals surface area contributed by atoms with E-state index in [1.807, 2.05) is 0 Å². The predicted molar refractivity (Wildman–Crippen MR) is 175 cm³/mol. The van der Waals surface area contributed by atoms with E-state index in [2.05, 4.69) is 173 Å². The van der Waals surface area contributed by atoms with E-state index in [9.17, 15) is 0 Å². The van der Waals surface area contributed by atoms with E-state index < -0.39 is 0 Å². The van der Waals surface area contributed by atoms with Gasteiger partial charge in [-0.05, 0) is 36.4 Å². The van der Waals surface area contributed by atoms with E-state index in [0.717, 1.165) is 11.4 Å². The molecule has 0 saturated carbocycles. The van der Waals surface area contributed by atoms with Crippen molar-refractivity contribution < 1.29 is 0 Å². The van der Waals surface area contributed by atoms with Crippen molar-refractivity contribution in [2.45, 2.75) is 0 Å². The first-order chi connectivity index (χ1) is 20.4. The third-order valence-corrected chi connectivity index (χ3v) is 8.27. The summed E-state index contributed by atoms with van der Waals surface area (Å²) in [5.41, 5.74) is 9.87. The third kappa shape index (κ3) is 3.89. The van der Waals surface area contributed by atoms with Gasteiger partial charge in [0.05, 0.1) is 16.6 Å². The maximum Gasteiger partial charge on any atom is 0.241 e. The number of rotatable bonds is 5. The SMILES string of the molecule is c1ccc(B(c2ccccc2)c2ccc(-n3c4ccccc4c4ccc5ccn(-c6ccccc6)c5c43)cc2)cc1. The Hall–Kier alpha value is -5.28. The average molecular weight is 522 g/mol. The Morgan fingerprint density at radius 3 is 1.66 bits per heavy atom. The molecule has 0 amide bonds. The van der Waals surface area contributed by atoms with Crippen LogP contribution in [0, 0.1) is 0 Å². The first-order valence-corrected chi connectivity index (χ1v) is 14.2. The highest BCUT2D eigenvalue weighted by Gasteiger charge is 2.22. The lowest BCUT2D eigenvalue weighted by Crippen LogP contribution is -2.51. The van der Waals surface area contributed by atoms with Gasteiger partial charge in [0.25, 0.3) is 0 Å². The second-order valence-corrected chi connectivity index (χ2v) is 10.6. The molecular formula is C38H27BN2. The predicted octanol–water partition coefficient (Wildman–Crippen LogP) is 7.24. The molecule has 0 radical (unpaired) electrons. The molecule has 0 saturated heterocycles. The molecule has 0 atom stereocenters. The van der Waals surface area contributed by atoms with Crippen LogP contribution in [0.3, 0.4) is 0 Å². The molecule has 41 heavy (non-hydrogen) atoms. The van der Waals surface area contributed by atoms with Gasteiger partial charge in [0.1, 0.15) is 0 Å². The Kier molecular flexibility index (Phi) is 5.60. The van der Waals surface area contributed by atoms with Gasteiger partial charge in [-0.1, -0.05) is 138 Å². The minimum Gasteiger partial charge on any atom is -0.315 e. The molecule has 0 bridgehead atoms. The van der Waals surface area contributed by atoms with Crippen LogP contribution >= 0.6 is 0 Å². The van der Waals surface area contributed by atoms with Crippen molar-refractivity contribution in [3.8, 4) is 11.4 Å². The summed E-state index contributed by atoms with van der Waals surface area (Å²) in [4.78, 5) is 0. The van der Waals surface area contributed by atoms with Crippen molar-refractivity contribution in [1.29, 1.82) is 0 Å². The van der Waals surface area contributed by atoms with Crippen molar-refractivity contribution >= 4 is 55.8 Å².